The number of carbonyl (C=O) groups is 1. The largest absolute Gasteiger partial charge is 0.494 e. The standard InChI is InChI=1S/C23H22ClN7O3S/c1-12-5-14(15-6-18(24)26-8-17(15)34-2)16(7-25-12)21(33)30-23-29-20-22(35-23)28-19(9-27-20)31-4-3-13(10-31)11-32/h5-9,13,32H,3-4,10-11H2,1-2H3,(H,27,29,30,33)/t13-/m1/s1. The first kappa shape index (κ1) is 23.3. The molecule has 0 radical (unpaired) electrons. The molecule has 0 spiro atoms. The second kappa shape index (κ2) is 9.68. The van der Waals surface area contributed by atoms with E-state index in [9.17, 15) is 9.90 Å². The zero-order chi connectivity index (χ0) is 24.5. The summed E-state index contributed by atoms with van der Waals surface area (Å²) in [5.74, 6) is 1.09. The highest BCUT2D eigenvalue weighted by molar-refractivity contribution is 7.21. The van der Waals surface area contributed by atoms with Crippen molar-refractivity contribution in [2.45, 2.75) is 13.3 Å². The monoisotopic (exact) mass is 511 g/mol. The number of hydrogen-bond acceptors (Lipinski definition) is 10. The molecule has 12 heteroatoms. The van der Waals surface area contributed by atoms with Gasteiger partial charge in [-0.3, -0.25) is 15.1 Å². The van der Waals surface area contributed by atoms with Gasteiger partial charge in [-0.2, -0.15) is 4.98 Å². The summed E-state index contributed by atoms with van der Waals surface area (Å²) in [6.45, 7) is 3.56. The smallest absolute Gasteiger partial charge is 0.259 e. The third kappa shape index (κ3) is 4.75. The van der Waals surface area contributed by atoms with Crippen LogP contribution in [0.5, 0.6) is 5.75 Å². The maximum atomic E-state index is 13.3. The quantitative estimate of drug-likeness (QED) is 0.373. The van der Waals surface area contributed by atoms with Gasteiger partial charge in [-0.1, -0.05) is 22.9 Å². The molecule has 1 atom stereocenters. The Morgan fingerprint density at radius 3 is 2.86 bits per heavy atom. The Bertz CT molecular complexity index is 1410. The molecule has 4 aromatic rings. The predicted octanol–water partition coefficient (Wildman–Crippen LogP) is 3.58. The minimum absolute atomic E-state index is 0.163. The van der Waals surface area contributed by atoms with E-state index < -0.39 is 0 Å². The lowest BCUT2D eigenvalue weighted by Gasteiger charge is -2.16. The molecular formula is C23H22ClN7O3S. The normalized spacial score (nSPS) is 15.5. The average molecular weight is 512 g/mol. The van der Waals surface area contributed by atoms with Crippen LogP contribution in [0.4, 0.5) is 10.9 Å². The summed E-state index contributed by atoms with van der Waals surface area (Å²) >= 11 is 7.37. The molecule has 1 amide bonds. The number of halogens is 1. The van der Waals surface area contributed by atoms with Crippen molar-refractivity contribution in [3.63, 3.8) is 0 Å². The number of hydrogen-bond donors (Lipinski definition) is 2. The molecule has 35 heavy (non-hydrogen) atoms. The lowest BCUT2D eigenvalue weighted by Crippen LogP contribution is -2.21. The molecule has 1 aliphatic heterocycles. The van der Waals surface area contributed by atoms with Crippen LogP contribution in [-0.2, 0) is 0 Å². The maximum Gasteiger partial charge on any atom is 0.259 e. The van der Waals surface area contributed by atoms with Crippen LogP contribution in [0.25, 0.3) is 21.6 Å². The number of aryl methyl sites for hydroxylation is 1. The van der Waals surface area contributed by atoms with Gasteiger partial charge >= 0.3 is 0 Å². The molecular weight excluding hydrogens is 490 g/mol. The van der Waals surface area contributed by atoms with E-state index in [0.29, 0.717) is 38.0 Å². The lowest BCUT2D eigenvalue weighted by molar-refractivity contribution is 0.102. The van der Waals surface area contributed by atoms with Gasteiger partial charge in [0.15, 0.2) is 15.6 Å². The Kier molecular flexibility index (Phi) is 6.46. The van der Waals surface area contributed by atoms with E-state index in [-0.39, 0.29) is 23.6 Å². The second-order valence-corrected chi connectivity index (χ2v) is 9.56. The van der Waals surface area contributed by atoms with Gasteiger partial charge in [0, 0.05) is 48.6 Å². The first-order valence-electron chi connectivity index (χ1n) is 10.9. The SMILES string of the molecule is COc1cnc(Cl)cc1-c1cc(C)ncc1C(=O)Nc1nc2ncc(N3CC[C@@H](CO)C3)nc2s1. The highest BCUT2D eigenvalue weighted by atomic mass is 35.5. The average Bonchev–Trinajstić information content (AvgIpc) is 3.50. The molecule has 1 fully saturated rings. The number of nitrogens with one attached hydrogen (secondary N) is 1. The summed E-state index contributed by atoms with van der Waals surface area (Å²) < 4.78 is 5.44. The Morgan fingerprint density at radius 1 is 1.23 bits per heavy atom. The number of ether oxygens (including phenoxy) is 1. The van der Waals surface area contributed by atoms with Gasteiger partial charge in [0.1, 0.15) is 16.7 Å². The molecule has 5 heterocycles. The predicted molar refractivity (Wildman–Crippen MR) is 134 cm³/mol. The Morgan fingerprint density at radius 2 is 2.09 bits per heavy atom. The van der Waals surface area contributed by atoms with Crippen LogP contribution in [0.3, 0.4) is 0 Å². The van der Waals surface area contributed by atoms with E-state index in [1.54, 1.807) is 18.3 Å². The molecule has 1 aliphatic rings. The number of carbonyl (C=O) groups excluding carboxylic acids is 1. The van der Waals surface area contributed by atoms with Gasteiger partial charge in [0.05, 0.1) is 25.1 Å². The number of aliphatic hydroxyl groups excluding tert-OH is 1. The highest BCUT2D eigenvalue weighted by Gasteiger charge is 2.24. The van der Waals surface area contributed by atoms with E-state index in [0.717, 1.165) is 31.0 Å². The molecule has 10 nitrogen and oxygen atoms in total. The first-order valence-corrected chi connectivity index (χ1v) is 12.1. The fourth-order valence-corrected chi connectivity index (χ4v) is 4.97. The number of methoxy groups -OCH3 is 1. The minimum atomic E-state index is -0.382. The molecule has 4 aromatic heterocycles. The Labute approximate surface area is 210 Å². The number of fused-ring (bicyclic) bond motifs is 1. The van der Waals surface area contributed by atoms with Crippen molar-refractivity contribution in [2.24, 2.45) is 5.92 Å². The topological polar surface area (TPSA) is 126 Å². The fraction of sp³-hybridized carbons (Fsp3) is 0.304. The fourth-order valence-electron chi connectivity index (χ4n) is 4.03. The van der Waals surface area contributed by atoms with Crippen molar-refractivity contribution in [3.05, 3.63) is 47.1 Å². The molecule has 2 N–H and O–H groups in total. The first-order chi connectivity index (χ1) is 16.9. The number of anilines is 2. The summed E-state index contributed by atoms with van der Waals surface area (Å²) in [5, 5.41) is 12.9. The molecule has 0 aliphatic carbocycles. The second-order valence-electron chi connectivity index (χ2n) is 8.19. The number of rotatable bonds is 6. The lowest BCUT2D eigenvalue weighted by atomic mass is 10.0. The maximum absolute atomic E-state index is 13.3. The third-order valence-corrected chi connectivity index (χ3v) is 6.89. The highest BCUT2D eigenvalue weighted by Crippen LogP contribution is 2.34. The number of thiazole rings is 1. The van der Waals surface area contributed by atoms with E-state index in [2.05, 4.69) is 35.1 Å². The number of aromatic nitrogens is 5. The van der Waals surface area contributed by atoms with Crippen LogP contribution in [0.15, 0.2) is 30.7 Å². The Hall–Kier alpha value is -3.41. The van der Waals surface area contributed by atoms with Crippen molar-refractivity contribution < 1.29 is 14.6 Å². The Balaban J connectivity index is 1.43. The summed E-state index contributed by atoms with van der Waals surface area (Å²) in [6.07, 6.45) is 5.62. The van der Waals surface area contributed by atoms with Gasteiger partial charge in [0.2, 0.25) is 0 Å². The van der Waals surface area contributed by atoms with Crippen molar-refractivity contribution >= 4 is 50.3 Å². The van der Waals surface area contributed by atoms with Crippen LogP contribution >= 0.6 is 22.9 Å². The zero-order valence-corrected chi connectivity index (χ0v) is 20.6. The van der Waals surface area contributed by atoms with Crippen LogP contribution in [0, 0.1) is 12.8 Å². The minimum Gasteiger partial charge on any atom is -0.494 e. The van der Waals surface area contributed by atoms with Crippen LogP contribution in [0.2, 0.25) is 5.15 Å². The van der Waals surface area contributed by atoms with Gasteiger partial charge < -0.3 is 14.7 Å². The summed E-state index contributed by atoms with van der Waals surface area (Å²) in [6, 6.07) is 3.45. The van der Waals surface area contributed by atoms with Gasteiger partial charge in [-0.05, 0) is 25.5 Å². The van der Waals surface area contributed by atoms with Crippen molar-refractivity contribution in [1.82, 2.24) is 24.9 Å². The van der Waals surface area contributed by atoms with Gasteiger partial charge in [-0.25, -0.2) is 15.0 Å². The summed E-state index contributed by atoms with van der Waals surface area (Å²) in [7, 11) is 1.53. The zero-order valence-electron chi connectivity index (χ0n) is 19.0. The number of nitrogens with zero attached hydrogens (tertiary/aromatic N) is 6. The van der Waals surface area contributed by atoms with E-state index in [4.69, 9.17) is 16.3 Å². The number of pyridine rings is 2. The van der Waals surface area contributed by atoms with Crippen molar-refractivity contribution in [1.29, 1.82) is 0 Å². The molecule has 5 rings (SSSR count). The van der Waals surface area contributed by atoms with Crippen molar-refractivity contribution in [2.75, 3.05) is 37.0 Å². The third-order valence-electron chi connectivity index (χ3n) is 5.83. The summed E-state index contributed by atoms with van der Waals surface area (Å²) in [4.78, 5) is 37.9. The number of aliphatic hydroxyl groups is 1. The van der Waals surface area contributed by atoms with Crippen molar-refractivity contribution in [3.8, 4) is 16.9 Å². The van der Waals surface area contributed by atoms with Crippen LogP contribution < -0.4 is 15.0 Å². The number of amides is 1. The molecule has 1 saturated heterocycles. The molecule has 180 valence electrons. The molecule has 0 unspecified atom stereocenters. The molecule has 0 bridgehead atoms. The van der Waals surface area contributed by atoms with E-state index in [1.165, 1.54) is 30.8 Å². The van der Waals surface area contributed by atoms with Gasteiger partial charge in [-0.15, -0.1) is 0 Å². The van der Waals surface area contributed by atoms with E-state index in [1.807, 2.05) is 6.92 Å². The molecule has 0 aromatic carbocycles. The van der Waals surface area contributed by atoms with Gasteiger partial charge in [0.25, 0.3) is 5.91 Å². The summed E-state index contributed by atoms with van der Waals surface area (Å²) in [5.41, 5.74) is 2.77. The van der Waals surface area contributed by atoms with E-state index >= 15 is 0 Å². The van der Waals surface area contributed by atoms with Crippen LogP contribution in [0.1, 0.15) is 22.5 Å². The van der Waals surface area contributed by atoms with Crippen LogP contribution in [-0.4, -0.2) is 62.7 Å². The molecule has 0 saturated carbocycles.